The van der Waals surface area contributed by atoms with Crippen molar-refractivity contribution in [1.82, 2.24) is 15.2 Å². The van der Waals surface area contributed by atoms with Crippen molar-refractivity contribution in [3.05, 3.63) is 100 Å². The number of aliphatic carboxylic acids is 1. The Labute approximate surface area is 315 Å². The Balaban J connectivity index is 1.31. The number of nitrogens with one attached hydrogen (secondary N) is 1. The van der Waals surface area contributed by atoms with Crippen molar-refractivity contribution in [2.75, 3.05) is 39.1 Å². The standard InChI is InChI=1S/C39H46ClN3O9S/c1-26-29(8-5-10-34(26)28-7-4-9-32(16-28)50-14-6-12-43-13-11-31(45)22-43)24-52-37-18-36(51-23-27-15-33(21-41-19-27)53(3,48)49)30(17-35(37)40)20-42-39(2,25-44)38(46)47/h4-5,7-10,15-19,21,31,42,44-45H,6,11-14,20,22-25H2,1-3H3,(H,46,47)/t31-,39+/m1/s1. The zero-order chi connectivity index (χ0) is 38.2. The van der Waals surface area contributed by atoms with Crippen molar-refractivity contribution in [3.63, 3.8) is 0 Å². The molecule has 0 aliphatic carbocycles. The Hall–Kier alpha value is -4.24. The van der Waals surface area contributed by atoms with Crippen molar-refractivity contribution in [1.29, 1.82) is 0 Å². The van der Waals surface area contributed by atoms with Crippen LogP contribution in [0.1, 0.15) is 42.0 Å². The number of rotatable bonds is 18. The topological polar surface area (TPSA) is 168 Å². The number of carboxylic acid groups (broad SMARTS) is 1. The lowest BCUT2D eigenvalue weighted by Gasteiger charge is -2.25. The largest absolute Gasteiger partial charge is 0.494 e. The van der Waals surface area contributed by atoms with Gasteiger partial charge in [-0.15, -0.1) is 0 Å². The van der Waals surface area contributed by atoms with E-state index < -0.39 is 28.0 Å². The zero-order valence-electron chi connectivity index (χ0n) is 30.0. The normalized spacial score (nSPS) is 15.9. The number of aromatic nitrogens is 1. The summed E-state index contributed by atoms with van der Waals surface area (Å²) in [5.41, 5.74) is 3.33. The van der Waals surface area contributed by atoms with E-state index in [2.05, 4.69) is 15.2 Å². The number of aliphatic hydroxyl groups excluding tert-OH is 2. The summed E-state index contributed by atoms with van der Waals surface area (Å²) in [6.45, 7) is 5.95. The van der Waals surface area contributed by atoms with Gasteiger partial charge in [-0.2, -0.15) is 0 Å². The van der Waals surface area contributed by atoms with Crippen LogP contribution < -0.4 is 19.5 Å². The van der Waals surface area contributed by atoms with Crippen molar-refractivity contribution < 1.29 is 42.7 Å². The van der Waals surface area contributed by atoms with Gasteiger partial charge in [0.1, 0.15) is 36.0 Å². The molecule has 12 nitrogen and oxygen atoms in total. The summed E-state index contributed by atoms with van der Waals surface area (Å²) >= 11 is 6.70. The maximum Gasteiger partial charge on any atom is 0.326 e. The molecule has 0 amide bonds. The summed E-state index contributed by atoms with van der Waals surface area (Å²) in [6.07, 6.45) is 5.31. The van der Waals surface area contributed by atoms with Gasteiger partial charge in [-0.25, -0.2) is 8.42 Å². The van der Waals surface area contributed by atoms with Gasteiger partial charge in [0.15, 0.2) is 9.84 Å². The van der Waals surface area contributed by atoms with Gasteiger partial charge in [-0.1, -0.05) is 41.9 Å². The lowest BCUT2D eigenvalue weighted by molar-refractivity contribution is -0.145. The molecule has 0 unspecified atom stereocenters. The molecule has 14 heteroatoms. The number of hydrogen-bond donors (Lipinski definition) is 4. The average molecular weight is 768 g/mol. The van der Waals surface area contributed by atoms with E-state index in [-0.39, 0.29) is 35.8 Å². The van der Waals surface area contributed by atoms with Gasteiger partial charge in [0.2, 0.25) is 0 Å². The third kappa shape index (κ3) is 10.7. The van der Waals surface area contributed by atoms with Crippen LogP contribution in [0, 0.1) is 6.92 Å². The van der Waals surface area contributed by atoms with E-state index >= 15 is 0 Å². The highest BCUT2D eigenvalue weighted by molar-refractivity contribution is 7.90. The van der Waals surface area contributed by atoms with Crippen LogP contribution >= 0.6 is 11.6 Å². The molecule has 1 aliphatic heterocycles. The summed E-state index contributed by atoms with van der Waals surface area (Å²) < 4.78 is 42.6. The van der Waals surface area contributed by atoms with E-state index in [9.17, 15) is 28.5 Å². The lowest BCUT2D eigenvalue weighted by atomic mass is 9.96. The predicted molar refractivity (Wildman–Crippen MR) is 201 cm³/mol. The van der Waals surface area contributed by atoms with Gasteiger partial charge in [-0.3, -0.25) is 15.1 Å². The van der Waals surface area contributed by atoms with Crippen LogP contribution in [0.4, 0.5) is 0 Å². The molecule has 284 valence electrons. The van der Waals surface area contributed by atoms with E-state index in [1.54, 1.807) is 12.1 Å². The molecule has 4 aromatic rings. The van der Waals surface area contributed by atoms with Crippen LogP contribution in [0.2, 0.25) is 5.02 Å². The summed E-state index contributed by atoms with van der Waals surface area (Å²) in [6, 6.07) is 18.6. The number of sulfone groups is 1. The van der Waals surface area contributed by atoms with Crippen LogP contribution in [0.3, 0.4) is 0 Å². The highest BCUT2D eigenvalue weighted by atomic mass is 35.5. The van der Waals surface area contributed by atoms with E-state index in [1.165, 1.54) is 25.4 Å². The Bertz CT molecular complexity index is 2010. The number of ether oxygens (including phenoxy) is 3. The molecule has 2 atom stereocenters. The molecular weight excluding hydrogens is 722 g/mol. The number of nitrogens with zero attached hydrogens (tertiary/aromatic N) is 2. The second-order valence-electron chi connectivity index (χ2n) is 13.5. The second kappa shape index (κ2) is 17.7. The van der Waals surface area contributed by atoms with Gasteiger partial charge in [0, 0.05) is 62.0 Å². The van der Waals surface area contributed by atoms with Crippen LogP contribution in [-0.4, -0.2) is 90.3 Å². The van der Waals surface area contributed by atoms with Crippen molar-refractivity contribution in [2.24, 2.45) is 0 Å². The number of likely N-dealkylation sites (tertiary alicyclic amines) is 1. The molecule has 3 aromatic carbocycles. The van der Waals surface area contributed by atoms with Crippen LogP contribution in [0.5, 0.6) is 17.2 Å². The fraction of sp³-hybridized carbons (Fsp3) is 0.385. The van der Waals surface area contributed by atoms with Gasteiger partial charge < -0.3 is 34.4 Å². The number of pyridine rings is 1. The van der Waals surface area contributed by atoms with Crippen LogP contribution in [0.25, 0.3) is 11.1 Å². The molecule has 1 saturated heterocycles. The van der Waals surface area contributed by atoms with E-state index in [4.69, 9.17) is 25.8 Å². The van der Waals surface area contributed by atoms with Gasteiger partial charge >= 0.3 is 5.97 Å². The average Bonchev–Trinajstić information content (AvgIpc) is 3.56. The summed E-state index contributed by atoms with van der Waals surface area (Å²) in [5, 5.41) is 32.3. The molecule has 0 saturated carbocycles. The van der Waals surface area contributed by atoms with Crippen molar-refractivity contribution in [3.8, 4) is 28.4 Å². The molecule has 0 radical (unpaired) electrons. The van der Waals surface area contributed by atoms with E-state index in [1.807, 2.05) is 49.4 Å². The maximum absolute atomic E-state index is 12.1. The fourth-order valence-corrected chi connectivity index (χ4v) is 6.77. The van der Waals surface area contributed by atoms with Gasteiger partial charge in [0.25, 0.3) is 0 Å². The molecule has 5 rings (SSSR count). The fourth-order valence-electron chi connectivity index (χ4n) is 5.91. The number of benzene rings is 3. The minimum atomic E-state index is -3.49. The van der Waals surface area contributed by atoms with Gasteiger partial charge in [0.05, 0.1) is 29.2 Å². The maximum atomic E-state index is 12.1. The first-order valence-corrected chi connectivity index (χ1v) is 19.6. The molecule has 0 bridgehead atoms. The second-order valence-corrected chi connectivity index (χ2v) is 15.9. The monoisotopic (exact) mass is 767 g/mol. The number of halogens is 1. The molecular formula is C39H46ClN3O9S. The number of β-amino-alcohol motifs (C(OH)–C–C–N with tert-alkyl or cyclic N) is 1. The smallest absolute Gasteiger partial charge is 0.326 e. The third-order valence-electron chi connectivity index (χ3n) is 9.27. The Morgan fingerprint density at radius 2 is 1.81 bits per heavy atom. The third-order valence-corrected chi connectivity index (χ3v) is 10.6. The summed E-state index contributed by atoms with van der Waals surface area (Å²) in [7, 11) is -3.49. The Morgan fingerprint density at radius 1 is 1.04 bits per heavy atom. The molecule has 4 N–H and O–H groups in total. The number of carboxylic acids is 1. The Kier molecular flexibility index (Phi) is 13.4. The number of carbonyl (C=O) groups is 1. The summed E-state index contributed by atoms with van der Waals surface area (Å²) in [4.78, 5) is 18.1. The highest BCUT2D eigenvalue weighted by Gasteiger charge is 2.32. The van der Waals surface area contributed by atoms with Crippen LogP contribution in [-0.2, 0) is 34.4 Å². The molecule has 1 aliphatic rings. The molecule has 0 spiro atoms. The quantitative estimate of drug-likeness (QED) is 0.0999. The first-order chi connectivity index (χ1) is 25.3. The van der Waals surface area contributed by atoms with Crippen LogP contribution in [0.15, 0.2) is 78.0 Å². The summed E-state index contributed by atoms with van der Waals surface area (Å²) in [5.74, 6) is 0.178. The molecule has 2 heterocycles. The minimum absolute atomic E-state index is 0.0210. The van der Waals surface area contributed by atoms with Crippen molar-refractivity contribution in [2.45, 2.75) is 63.0 Å². The lowest BCUT2D eigenvalue weighted by Crippen LogP contribution is -2.52. The van der Waals surface area contributed by atoms with E-state index in [0.717, 1.165) is 66.7 Å². The van der Waals surface area contributed by atoms with E-state index in [0.29, 0.717) is 29.2 Å². The molecule has 53 heavy (non-hydrogen) atoms. The Morgan fingerprint density at radius 3 is 2.53 bits per heavy atom. The first-order valence-electron chi connectivity index (χ1n) is 17.3. The highest BCUT2D eigenvalue weighted by Crippen LogP contribution is 2.35. The predicted octanol–water partition coefficient (Wildman–Crippen LogP) is 5.03. The van der Waals surface area contributed by atoms with Gasteiger partial charge in [-0.05, 0) is 73.2 Å². The first kappa shape index (κ1) is 40.0. The van der Waals surface area contributed by atoms with Crippen molar-refractivity contribution >= 4 is 27.4 Å². The zero-order valence-corrected chi connectivity index (χ0v) is 31.6. The number of aliphatic hydroxyl groups is 2. The molecule has 1 fully saturated rings. The molecule has 1 aromatic heterocycles. The number of hydrogen-bond acceptors (Lipinski definition) is 11. The SMILES string of the molecule is Cc1c(COc2cc(OCc3cncc(S(C)(=O)=O)c3)c(CN[C@@](C)(CO)C(=O)O)cc2Cl)cccc1-c1cccc(OCCCN2CC[C@@H](O)C2)c1. The minimum Gasteiger partial charge on any atom is -0.494 e.